The molecule has 1 saturated heterocycles. The van der Waals surface area contributed by atoms with Gasteiger partial charge in [-0.05, 0) is 38.1 Å². The van der Waals surface area contributed by atoms with Crippen LogP contribution in [0.4, 0.5) is 10.1 Å². The van der Waals surface area contributed by atoms with Crippen LogP contribution in [0.2, 0.25) is 0 Å². The molecule has 1 aromatic rings. The highest BCUT2D eigenvalue weighted by Gasteiger charge is 2.23. The van der Waals surface area contributed by atoms with Crippen molar-refractivity contribution in [1.82, 2.24) is 4.90 Å². The molecule has 4 nitrogen and oxygen atoms in total. The van der Waals surface area contributed by atoms with E-state index in [9.17, 15) is 9.18 Å². The van der Waals surface area contributed by atoms with Crippen molar-refractivity contribution in [1.29, 1.82) is 0 Å². The highest BCUT2D eigenvalue weighted by molar-refractivity contribution is 5.94. The molecule has 1 unspecified atom stereocenters. The number of benzene rings is 1. The van der Waals surface area contributed by atoms with E-state index in [0.717, 1.165) is 25.9 Å². The summed E-state index contributed by atoms with van der Waals surface area (Å²) in [5, 5.41) is 12.1. The molecule has 0 spiro atoms. The Balaban J connectivity index is 2.07. The number of hydrogen-bond donors (Lipinski definition) is 2. The van der Waals surface area contributed by atoms with Gasteiger partial charge in [-0.1, -0.05) is 13.0 Å². The molecule has 0 bridgehead atoms. The van der Waals surface area contributed by atoms with Crippen LogP contribution in [0, 0.1) is 5.82 Å². The van der Waals surface area contributed by atoms with Gasteiger partial charge >= 0.3 is 5.97 Å². The van der Waals surface area contributed by atoms with Gasteiger partial charge < -0.3 is 10.4 Å². The first-order valence-electron chi connectivity index (χ1n) is 6.63. The summed E-state index contributed by atoms with van der Waals surface area (Å²) in [4.78, 5) is 13.4. The third-order valence-corrected chi connectivity index (χ3v) is 3.66. The minimum atomic E-state index is -1.24. The standard InChI is InChI=1S/C14H19FN2O2/c1-2-17-8-4-5-10(17)9-16-12-7-3-6-11(15)13(12)14(18)19/h3,6-7,10,16H,2,4-5,8-9H2,1H3,(H,18,19). The maximum atomic E-state index is 13.5. The summed E-state index contributed by atoms with van der Waals surface area (Å²) in [7, 11) is 0. The van der Waals surface area contributed by atoms with Crippen LogP contribution in [-0.4, -0.2) is 41.7 Å². The lowest BCUT2D eigenvalue weighted by atomic mass is 10.1. The number of carboxylic acid groups (broad SMARTS) is 1. The highest BCUT2D eigenvalue weighted by Crippen LogP contribution is 2.21. The van der Waals surface area contributed by atoms with E-state index in [-0.39, 0.29) is 5.56 Å². The molecule has 0 aromatic heterocycles. The number of anilines is 1. The van der Waals surface area contributed by atoms with E-state index in [1.807, 2.05) is 0 Å². The molecule has 2 N–H and O–H groups in total. The number of nitrogens with zero attached hydrogens (tertiary/aromatic N) is 1. The van der Waals surface area contributed by atoms with Gasteiger partial charge in [0.15, 0.2) is 0 Å². The Morgan fingerprint density at radius 3 is 3.05 bits per heavy atom. The first kappa shape index (κ1) is 13.8. The van der Waals surface area contributed by atoms with Crippen LogP contribution in [0.25, 0.3) is 0 Å². The van der Waals surface area contributed by atoms with Crippen molar-refractivity contribution in [3.8, 4) is 0 Å². The minimum Gasteiger partial charge on any atom is -0.478 e. The molecule has 1 fully saturated rings. The van der Waals surface area contributed by atoms with Crippen LogP contribution in [-0.2, 0) is 0 Å². The van der Waals surface area contributed by atoms with Gasteiger partial charge in [-0.25, -0.2) is 9.18 Å². The second-order valence-electron chi connectivity index (χ2n) is 4.77. The lowest BCUT2D eigenvalue weighted by Crippen LogP contribution is -2.34. The Morgan fingerprint density at radius 2 is 2.37 bits per heavy atom. The van der Waals surface area contributed by atoms with Crippen LogP contribution >= 0.6 is 0 Å². The molecule has 1 aromatic carbocycles. The molecule has 104 valence electrons. The fourth-order valence-electron chi connectivity index (χ4n) is 2.66. The Labute approximate surface area is 112 Å². The van der Waals surface area contributed by atoms with Crippen LogP contribution in [0.1, 0.15) is 30.1 Å². The number of likely N-dealkylation sites (tertiary alicyclic amines) is 1. The molecule has 19 heavy (non-hydrogen) atoms. The van der Waals surface area contributed by atoms with E-state index in [2.05, 4.69) is 17.1 Å². The number of halogens is 1. The van der Waals surface area contributed by atoms with Crippen LogP contribution in [0.3, 0.4) is 0 Å². The molecule has 0 amide bonds. The largest absolute Gasteiger partial charge is 0.478 e. The second-order valence-corrected chi connectivity index (χ2v) is 4.77. The molecular formula is C14H19FN2O2. The van der Waals surface area contributed by atoms with E-state index >= 15 is 0 Å². The van der Waals surface area contributed by atoms with Gasteiger partial charge in [0.05, 0.1) is 5.69 Å². The predicted molar refractivity (Wildman–Crippen MR) is 72.1 cm³/mol. The van der Waals surface area contributed by atoms with Gasteiger partial charge in [-0.15, -0.1) is 0 Å². The normalized spacial score (nSPS) is 19.6. The molecule has 1 aliphatic rings. The number of carboxylic acids is 1. The number of carbonyl (C=O) groups is 1. The highest BCUT2D eigenvalue weighted by atomic mass is 19.1. The molecule has 0 aliphatic carbocycles. The van der Waals surface area contributed by atoms with E-state index < -0.39 is 11.8 Å². The maximum absolute atomic E-state index is 13.5. The monoisotopic (exact) mass is 266 g/mol. The molecule has 2 rings (SSSR count). The summed E-state index contributed by atoms with van der Waals surface area (Å²) in [6, 6.07) is 4.70. The first-order valence-corrected chi connectivity index (χ1v) is 6.63. The average molecular weight is 266 g/mol. The zero-order valence-corrected chi connectivity index (χ0v) is 11.0. The summed E-state index contributed by atoms with van der Waals surface area (Å²) in [6.07, 6.45) is 2.26. The van der Waals surface area contributed by atoms with Gasteiger partial charge in [0.25, 0.3) is 0 Å². The lowest BCUT2D eigenvalue weighted by molar-refractivity contribution is 0.0693. The third-order valence-electron chi connectivity index (χ3n) is 3.66. The summed E-state index contributed by atoms with van der Waals surface area (Å²) in [5.41, 5.74) is 0.0824. The van der Waals surface area contributed by atoms with Gasteiger partial charge in [0, 0.05) is 12.6 Å². The minimum absolute atomic E-state index is 0.274. The van der Waals surface area contributed by atoms with Crippen LogP contribution in [0.15, 0.2) is 18.2 Å². The van der Waals surface area contributed by atoms with Crippen molar-refractivity contribution >= 4 is 11.7 Å². The van der Waals surface area contributed by atoms with Crippen LogP contribution < -0.4 is 5.32 Å². The van der Waals surface area contributed by atoms with Gasteiger partial charge in [-0.3, -0.25) is 4.90 Å². The maximum Gasteiger partial charge on any atom is 0.340 e. The Hall–Kier alpha value is -1.62. The van der Waals surface area contributed by atoms with E-state index in [4.69, 9.17) is 5.11 Å². The second kappa shape index (κ2) is 6.02. The van der Waals surface area contributed by atoms with Crippen molar-refractivity contribution < 1.29 is 14.3 Å². The number of rotatable bonds is 5. The number of nitrogens with one attached hydrogen (secondary N) is 1. The zero-order chi connectivity index (χ0) is 13.8. The van der Waals surface area contributed by atoms with Crippen LogP contribution in [0.5, 0.6) is 0 Å². The molecule has 1 atom stereocenters. The van der Waals surface area contributed by atoms with Gasteiger partial charge in [0.2, 0.25) is 0 Å². The predicted octanol–water partition coefficient (Wildman–Crippen LogP) is 2.42. The van der Waals surface area contributed by atoms with E-state index in [0.29, 0.717) is 18.3 Å². The first-order chi connectivity index (χ1) is 9.13. The smallest absolute Gasteiger partial charge is 0.340 e. The average Bonchev–Trinajstić information content (AvgIpc) is 2.83. The summed E-state index contributed by atoms with van der Waals surface area (Å²) < 4.78 is 13.5. The Kier molecular flexibility index (Phi) is 4.37. The van der Waals surface area contributed by atoms with Crippen molar-refractivity contribution in [2.24, 2.45) is 0 Å². The van der Waals surface area contributed by atoms with Crippen molar-refractivity contribution in [3.05, 3.63) is 29.6 Å². The molecular weight excluding hydrogens is 247 g/mol. The molecule has 1 heterocycles. The topological polar surface area (TPSA) is 52.6 Å². The molecule has 0 radical (unpaired) electrons. The van der Waals surface area contributed by atoms with Gasteiger partial charge in [-0.2, -0.15) is 0 Å². The van der Waals surface area contributed by atoms with Gasteiger partial charge in [0.1, 0.15) is 11.4 Å². The summed E-state index contributed by atoms with van der Waals surface area (Å²) in [5.74, 6) is -1.93. The number of aromatic carboxylic acids is 1. The summed E-state index contributed by atoms with van der Waals surface area (Å²) >= 11 is 0. The van der Waals surface area contributed by atoms with Crippen molar-refractivity contribution in [3.63, 3.8) is 0 Å². The SMILES string of the molecule is CCN1CCCC1CNc1cccc(F)c1C(=O)O. The molecule has 1 aliphatic heterocycles. The Morgan fingerprint density at radius 1 is 1.58 bits per heavy atom. The zero-order valence-electron chi connectivity index (χ0n) is 11.0. The fraction of sp³-hybridized carbons (Fsp3) is 0.500. The quantitative estimate of drug-likeness (QED) is 0.859. The Bertz CT molecular complexity index is 465. The molecule has 5 heteroatoms. The van der Waals surface area contributed by atoms with Crippen molar-refractivity contribution in [2.45, 2.75) is 25.8 Å². The van der Waals surface area contributed by atoms with E-state index in [1.54, 1.807) is 6.07 Å². The van der Waals surface area contributed by atoms with E-state index in [1.165, 1.54) is 12.1 Å². The fourth-order valence-corrected chi connectivity index (χ4v) is 2.66. The van der Waals surface area contributed by atoms with Crippen molar-refractivity contribution in [2.75, 3.05) is 25.0 Å². The molecule has 0 saturated carbocycles. The number of likely N-dealkylation sites (N-methyl/N-ethyl adjacent to an activating group) is 1. The summed E-state index contributed by atoms with van der Waals surface area (Å²) in [6.45, 7) is 4.83. The third kappa shape index (κ3) is 3.04. The number of hydrogen-bond acceptors (Lipinski definition) is 3. The lowest BCUT2D eigenvalue weighted by Gasteiger charge is -2.23.